The third-order valence-corrected chi connectivity index (χ3v) is 5.50. The van der Waals surface area contributed by atoms with Gasteiger partial charge in [0.05, 0.1) is 13.2 Å². The summed E-state index contributed by atoms with van der Waals surface area (Å²) in [6, 6.07) is 0. The summed E-state index contributed by atoms with van der Waals surface area (Å²) >= 11 is 0. The second kappa shape index (κ2) is 26.2. The number of carboxylic acids is 1. The molecule has 0 aromatic heterocycles. The predicted octanol–water partition coefficient (Wildman–Crippen LogP) is 7.28. The molecule has 0 aromatic rings. The normalized spacial score (nSPS) is 13.9. The van der Waals surface area contributed by atoms with E-state index in [9.17, 15) is 4.79 Å². The quantitative estimate of drug-likeness (QED) is 0.169. The van der Waals surface area contributed by atoms with Gasteiger partial charge in [0.2, 0.25) is 0 Å². The van der Waals surface area contributed by atoms with Crippen molar-refractivity contribution in [3.05, 3.63) is 12.2 Å². The topological polar surface area (TPSA) is 58.6 Å². The van der Waals surface area contributed by atoms with E-state index >= 15 is 0 Å². The first-order valence-electron chi connectivity index (χ1n) is 12.9. The zero-order valence-corrected chi connectivity index (χ0v) is 20.0. The molecule has 0 aliphatic carbocycles. The van der Waals surface area contributed by atoms with E-state index in [4.69, 9.17) is 9.84 Å². The fraction of sp³-hybridized carbons (Fsp3) is 0.885. The Morgan fingerprint density at radius 1 is 0.733 bits per heavy atom. The van der Waals surface area contributed by atoms with Crippen molar-refractivity contribution in [1.82, 2.24) is 5.32 Å². The highest BCUT2D eigenvalue weighted by atomic mass is 16.5. The molecule has 0 aromatic carbocycles. The van der Waals surface area contributed by atoms with Crippen LogP contribution in [0.4, 0.5) is 0 Å². The van der Waals surface area contributed by atoms with Gasteiger partial charge < -0.3 is 15.2 Å². The van der Waals surface area contributed by atoms with Crippen LogP contribution in [0, 0.1) is 0 Å². The number of ether oxygens (including phenoxy) is 1. The van der Waals surface area contributed by atoms with Gasteiger partial charge >= 0.3 is 5.97 Å². The number of morpholine rings is 1. The number of nitrogens with one attached hydrogen (secondary N) is 1. The minimum Gasteiger partial charge on any atom is -0.481 e. The number of carboxylic acid groups (broad SMARTS) is 1. The standard InChI is InChI=1S/C22H42O2.C4H9NO/c1-2-3-4-5-6-7-8-9-10-11-12-13-14-15-16-17-18-19-20-21-22(23)24;1-3-6-4-2-5-1/h9-10H,2-8,11-21H2,1H3,(H,23,24);5H,1-4H2/b10-9-;. The highest BCUT2D eigenvalue weighted by Crippen LogP contribution is 2.12. The minimum atomic E-state index is -0.656. The Labute approximate surface area is 187 Å². The minimum absolute atomic E-state index is 0.340. The molecule has 30 heavy (non-hydrogen) atoms. The number of hydrogen-bond acceptors (Lipinski definition) is 3. The Balaban J connectivity index is 0.00000118. The molecule has 0 radical (unpaired) electrons. The Kier molecular flexibility index (Phi) is 25.4. The van der Waals surface area contributed by atoms with Crippen LogP contribution >= 0.6 is 0 Å². The van der Waals surface area contributed by atoms with Gasteiger partial charge in [-0.1, -0.05) is 96.1 Å². The average molecular weight is 426 g/mol. The Morgan fingerprint density at radius 3 is 1.53 bits per heavy atom. The summed E-state index contributed by atoms with van der Waals surface area (Å²) in [5.74, 6) is -0.656. The summed E-state index contributed by atoms with van der Waals surface area (Å²) in [6.07, 6.45) is 27.1. The number of aliphatic carboxylic acids is 1. The number of allylic oxidation sites excluding steroid dienone is 2. The Hall–Kier alpha value is -0.870. The summed E-state index contributed by atoms with van der Waals surface area (Å²) in [7, 11) is 0. The molecule has 0 spiro atoms. The molecule has 0 atom stereocenters. The molecule has 1 heterocycles. The van der Waals surface area contributed by atoms with Gasteiger partial charge in [-0.25, -0.2) is 0 Å². The molecule has 1 fully saturated rings. The Bertz CT molecular complexity index is 356. The molecular weight excluding hydrogens is 374 g/mol. The van der Waals surface area contributed by atoms with Crippen LogP contribution in [-0.2, 0) is 9.53 Å². The number of rotatable bonds is 19. The average Bonchev–Trinajstić information content (AvgIpc) is 2.77. The lowest BCUT2D eigenvalue weighted by atomic mass is 10.1. The molecule has 1 aliphatic rings. The van der Waals surface area contributed by atoms with Crippen LogP contribution in [0.5, 0.6) is 0 Å². The lowest BCUT2D eigenvalue weighted by Gasteiger charge is -2.10. The Morgan fingerprint density at radius 2 is 1.17 bits per heavy atom. The van der Waals surface area contributed by atoms with Crippen molar-refractivity contribution < 1.29 is 14.6 Å². The highest BCUT2D eigenvalue weighted by Gasteiger charge is 1.96. The van der Waals surface area contributed by atoms with Crippen LogP contribution in [0.25, 0.3) is 0 Å². The molecule has 4 nitrogen and oxygen atoms in total. The molecule has 1 aliphatic heterocycles. The van der Waals surface area contributed by atoms with E-state index in [1.165, 1.54) is 96.3 Å². The number of hydrogen-bond donors (Lipinski definition) is 2. The van der Waals surface area contributed by atoms with Gasteiger partial charge in [-0.3, -0.25) is 4.79 Å². The largest absolute Gasteiger partial charge is 0.481 e. The van der Waals surface area contributed by atoms with Crippen LogP contribution in [0.1, 0.15) is 122 Å². The van der Waals surface area contributed by atoms with Gasteiger partial charge in [-0.2, -0.15) is 0 Å². The summed E-state index contributed by atoms with van der Waals surface area (Å²) in [5.41, 5.74) is 0. The van der Waals surface area contributed by atoms with E-state index in [1.54, 1.807) is 0 Å². The smallest absolute Gasteiger partial charge is 0.303 e. The molecule has 0 unspecified atom stereocenters. The second-order valence-electron chi connectivity index (χ2n) is 8.50. The van der Waals surface area contributed by atoms with E-state index < -0.39 is 5.97 Å². The highest BCUT2D eigenvalue weighted by molar-refractivity contribution is 5.66. The van der Waals surface area contributed by atoms with E-state index in [1.807, 2.05) is 0 Å². The van der Waals surface area contributed by atoms with Gasteiger partial charge in [0.1, 0.15) is 0 Å². The van der Waals surface area contributed by atoms with E-state index in [0.717, 1.165) is 39.1 Å². The summed E-state index contributed by atoms with van der Waals surface area (Å²) in [4.78, 5) is 10.4. The third kappa shape index (κ3) is 27.1. The first kappa shape index (κ1) is 29.1. The molecule has 0 bridgehead atoms. The molecule has 0 amide bonds. The molecule has 1 saturated heterocycles. The summed E-state index contributed by atoms with van der Waals surface area (Å²) in [5, 5.41) is 11.7. The van der Waals surface area contributed by atoms with Crippen molar-refractivity contribution in [3.8, 4) is 0 Å². The van der Waals surface area contributed by atoms with E-state index in [-0.39, 0.29) is 0 Å². The van der Waals surface area contributed by atoms with Crippen molar-refractivity contribution in [2.45, 2.75) is 122 Å². The van der Waals surface area contributed by atoms with Gasteiger partial charge in [0.25, 0.3) is 0 Å². The molecule has 178 valence electrons. The van der Waals surface area contributed by atoms with Crippen LogP contribution in [-0.4, -0.2) is 37.4 Å². The molecular formula is C26H51NO3. The fourth-order valence-corrected chi connectivity index (χ4v) is 3.57. The predicted molar refractivity (Wildman–Crippen MR) is 129 cm³/mol. The van der Waals surface area contributed by atoms with Crippen molar-refractivity contribution in [2.24, 2.45) is 0 Å². The number of unbranched alkanes of at least 4 members (excludes halogenated alkanes) is 15. The molecule has 0 saturated carbocycles. The molecule has 2 N–H and O–H groups in total. The van der Waals surface area contributed by atoms with E-state index in [2.05, 4.69) is 24.4 Å². The zero-order valence-electron chi connectivity index (χ0n) is 20.0. The van der Waals surface area contributed by atoms with Crippen molar-refractivity contribution in [3.63, 3.8) is 0 Å². The van der Waals surface area contributed by atoms with Gasteiger partial charge in [-0.15, -0.1) is 0 Å². The maximum Gasteiger partial charge on any atom is 0.303 e. The first-order chi connectivity index (χ1) is 14.8. The summed E-state index contributed by atoms with van der Waals surface area (Å²) in [6.45, 7) is 6.11. The monoisotopic (exact) mass is 425 g/mol. The van der Waals surface area contributed by atoms with Gasteiger partial charge in [-0.05, 0) is 32.1 Å². The van der Waals surface area contributed by atoms with Gasteiger partial charge in [0.15, 0.2) is 0 Å². The number of carbonyl (C=O) groups is 1. The zero-order chi connectivity index (χ0) is 22.0. The van der Waals surface area contributed by atoms with Crippen molar-refractivity contribution >= 4 is 5.97 Å². The second-order valence-corrected chi connectivity index (χ2v) is 8.50. The van der Waals surface area contributed by atoms with E-state index in [0.29, 0.717) is 6.42 Å². The van der Waals surface area contributed by atoms with Crippen LogP contribution < -0.4 is 5.32 Å². The van der Waals surface area contributed by atoms with Crippen LogP contribution in [0.3, 0.4) is 0 Å². The third-order valence-electron chi connectivity index (χ3n) is 5.50. The summed E-state index contributed by atoms with van der Waals surface area (Å²) < 4.78 is 5.01. The SMILES string of the molecule is C1COCCN1.CCCCCCCC/C=C\CCCCCCCCCCCC(=O)O. The fourth-order valence-electron chi connectivity index (χ4n) is 3.57. The lowest BCUT2D eigenvalue weighted by molar-refractivity contribution is -0.137. The van der Waals surface area contributed by atoms with Crippen molar-refractivity contribution in [1.29, 1.82) is 0 Å². The lowest BCUT2D eigenvalue weighted by Crippen LogP contribution is -2.30. The van der Waals surface area contributed by atoms with Gasteiger partial charge in [0, 0.05) is 19.5 Å². The molecule has 4 heteroatoms. The van der Waals surface area contributed by atoms with Crippen LogP contribution in [0.2, 0.25) is 0 Å². The first-order valence-corrected chi connectivity index (χ1v) is 12.9. The maximum absolute atomic E-state index is 10.4. The maximum atomic E-state index is 10.4. The molecule has 1 rings (SSSR count). The van der Waals surface area contributed by atoms with Crippen LogP contribution in [0.15, 0.2) is 12.2 Å². The van der Waals surface area contributed by atoms with Crippen molar-refractivity contribution in [2.75, 3.05) is 26.3 Å².